The maximum atomic E-state index is 11.2. The second-order valence-electron chi connectivity index (χ2n) is 4.05. The number of fused-ring (bicyclic) bond motifs is 1. The summed E-state index contributed by atoms with van der Waals surface area (Å²) in [6.07, 6.45) is 3.92. The maximum Gasteiger partial charge on any atom is 0.348 e. The van der Waals surface area contributed by atoms with Gasteiger partial charge in [-0.3, -0.25) is 0 Å². The highest BCUT2D eigenvalue weighted by Crippen LogP contribution is 2.13. The van der Waals surface area contributed by atoms with Gasteiger partial charge in [0.25, 0.3) is 0 Å². The average Bonchev–Trinajstić information content (AvgIpc) is 2.97. The van der Waals surface area contributed by atoms with E-state index in [4.69, 9.17) is 4.74 Å². The van der Waals surface area contributed by atoms with Crippen LogP contribution in [0, 0.1) is 0 Å². The Labute approximate surface area is 96.8 Å². The van der Waals surface area contributed by atoms with Crippen LogP contribution in [0.25, 0.3) is 5.65 Å². The van der Waals surface area contributed by atoms with Crippen LogP contribution in [0.2, 0.25) is 0 Å². The molecular weight excluding hydrogens is 222 g/mol. The third kappa shape index (κ3) is 2.01. The Morgan fingerprint density at radius 2 is 2.59 bits per heavy atom. The molecule has 1 saturated heterocycles. The lowest BCUT2D eigenvalue weighted by atomic mass is 10.2. The molecule has 90 valence electrons. The van der Waals surface area contributed by atoms with Crippen molar-refractivity contribution in [3.05, 3.63) is 22.9 Å². The van der Waals surface area contributed by atoms with Crippen LogP contribution in [-0.4, -0.2) is 38.8 Å². The summed E-state index contributed by atoms with van der Waals surface area (Å²) in [7, 11) is 0. The summed E-state index contributed by atoms with van der Waals surface area (Å²) in [4.78, 5) is 15.4. The molecule has 0 amide bonds. The fraction of sp³-hybridized carbons (Fsp3) is 0.500. The lowest BCUT2D eigenvalue weighted by molar-refractivity contribution is 0.120. The van der Waals surface area contributed by atoms with Gasteiger partial charge in [0.15, 0.2) is 5.65 Å². The normalized spacial score (nSPS) is 19.9. The van der Waals surface area contributed by atoms with Crippen molar-refractivity contribution in [1.82, 2.24) is 19.6 Å². The minimum Gasteiger partial charge on any atom is -0.376 e. The summed E-state index contributed by atoms with van der Waals surface area (Å²) in [5.74, 6) is 0.701. The van der Waals surface area contributed by atoms with Crippen molar-refractivity contribution >= 4 is 11.5 Å². The molecule has 1 aliphatic heterocycles. The second kappa shape index (κ2) is 4.17. The van der Waals surface area contributed by atoms with E-state index in [0.29, 0.717) is 11.5 Å². The van der Waals surface area contributed by atoms with Gasteiger partial charge in [0.2, 0.25) is 0 Å². The number of aromatic nitrogens is 4. The summed E-state index contributed by atoms with van der Waals surface area (Å²) in [5, 5.41) is 9.42. The van der Waals surface area contributed by atoms with Crippen LogP contribution >= 0.6 is 0 Å². The molecule has 2 aromatic rings. The molecule has 17 heavy (non-hydrogen) atoms. The average molecular weight is 235 g/mol. The van der Waals surface area contributed by atoms with Gasteiger partial charge >= 0.3 is 5.69 Å². The summed E-state index contributed by atoms with van der Waals surface area (Å²) < 4.78 is 6.86. The Bertz CT molecular complexity index is 569. The van der Waals surface area contributed by atoms with Crippen LogP contribution in [0.1, 0.15) is 12.8 Å². The number of nitrogens with one attached hydrogen (secondary N) is 2. The number of hydrogen-bond acceptors (Lipinski definition) is 5. The van der Waals surface area contributed by atoms with Crippen LogP contribution in [0.5, 0.6) is 0 Å². The third-order valence-corrected chi connectivity index (χ3v) is 2.84. The predicted octanol–water partition coefficient (Wildman–Crippen LogP) is 0.00850. The Morgan fingerprint density at radius 1 is 1.65 bits per heavy atom. The molecule has 1 fully saturated rings. The Kier molecular flexibility index (Phi) is 2.52. The van der Waals surface area contributed by atoms with Crippen LogP contribution < -0.4 is 11.0 Å². The Morgan fingerprint density at radius 3 is 3.41 bits per heavy atom. The molecule has 7 nitrogen and oxygen atoms in total. The highest BCUT2D eigenvalue weighted by molar-refractivity contribution is 5.48. The first-order chi connectivity index (χ1) is 8.33. The number of H-pyrrole nitrogens is 1. The van der Waals surface area contributed by atoms with Gasteiger partial charge in [-0.25, -0.2) is 19.3 Å². The van der Waals surface area contributed by atoms with E-state index in [-0.39, 0.29) is 11.8 Å². The fourth-order valence-electron chi connectivity index (χ4n) is 1.93. The molecule has 0 aliphatic carbocycles. The van der Waals surface area contributed by atoms with Crippen molar-refractivity contribution in [2.75, 3.05) is 18.5 Å². The van der Waals surface area contributed by atoms with E-state index < -0.39 is 0 Å². The third-order valence-electron chi connectivity index (χ3n) is 2.84. The van der Waals surface area contributed by atoms with Crippen molar-refractivity contribution in [3.8, 4) is 0 Å². The van der Waals surface area contributed by atoms with E-state index in [2.05, 4.69) is 20.5 Å². The van der Waals surface area contributed by atoms with Gasteiger partial charge in [0, 0.05) is 19.2 Å². The van der Waals surface area contributed by atoms with Gasteiger partial charge < -0.3 is 10.1 Å². The summed E-state index contributed by atoms with van der Waals surface area (Å²) >= 11 is 0. The minimum absolute atomic E-state index is 0.259. The van der Waals surface area contributed by atoms with Gasteiger partial charge in [-0.1, -0.05) is 0 Å². The van der Waals surface area contributed by atoms with Crippen LogP contribution in [0.4, 0.5) is 5.82 Å². The quantitative estimate of drug-likeness (QED) is 0.782. The molecule has 0 saturated carbocycles. The fourth-order valence-corrected chi connectivity index (χ4v) is 1.93. The van der Waals surface area contributed by atoms with Crippen molar-refractivity contribution in [2.24, 2.45) is 0 Å². The molecule has 1 atom stereocenters. The standard InChI is InChI=1S/C10H13N5O2/c16-10-14-13-9-4-8(12-6-15(9)10)11-5-7-2-1-3-17-7/h4,6-7,11H,1-3,5H2,(H,14,16). The Hall–Kier alpha value is -1.89. The summed E-state index contributed by atoms with van der Waals surface area (Å²) in [5.41, 5.74) is 0.276. The van der Waals surface area contributed by atoms with E-state index in [1.165, 1.54) is 10.7 Å². The zero-order chi connectivity index (χ0) is 11.7. The molecule has 1 unspecified atom stereocenters. The highest BCUT2D eigenvalue weighted by Gasteiger charge is 2.15. The lowest BCUT2D eigenvalue weighted by Gasteiger charge is -2.10. The molecule has 1 aliphatic rings. The first-order valence-corrected chi connectivity index (χ1v) is 5.61. The SMILES string of the molecule is O=c1[nH]nc2cc(NCC3CCCO3)ncn12. The molecule has 0 spiro atoms. The molecule has 3 rings (SSSR count). The van der Waals surface area contributed by atoms with Crippen molar-refractivity contribution in [3.63, 3.8) is 0 Å². The first kappa shape index (κ1) is 10.3. The molecule has 2 N–H and O–H groups in total. The number of rotatable bonds is 3. The number of aromatic amines is 1. The van der Waals surface area contributed by atoms with E-state index in [0.717, 1.165) is 26.0 Å². The maximum absolute atomic E-state index is 11.2. The van der Waals surface area contributed by atoms with E-state index >= 15 is 0 Å². The monoisotopic (exact) mass is 235 g/mol. The molecule has 7 heteroatoms. The predicted molar refractivity (Wildman–Crippen MR) is 61.1 cm³/mol. The first-order valence-electron chi connectivity index (χ1n) is 5.61. The van der Waals surface area contributed by atoms with E-state index in [1.807, 2.05) is 0 Å². The highest BCUT2D eigenvalue weighted by atomic mass is 16.5. The minimum atomic E-state index is -0.279. The van der Waals surface area contributed by atoms with Gasteiger partial charge in [-0.2, -0.15) is 5.10 Å². The largest absolute Gasteiger partial charge is 0.376 e. The smallest absolute Gasteiger partial charge is 0.348 e. The van der Waals surface area contributed by atoms with Crippen LogP contribution in [0.15, 0.2) is 17.2 Å². The zero-order valence-electron chi connectivity index (χ0n) is 9.22. The molecule has 0 aromatic carbocycles. The number of nitrogens with zero attached hydrogens (tertiary/aromatic N) is 3. The van der Waals surface area contributed by atoms with Crippen LogP contribution in [0.3, 0.4) is 0 Å². The Balaban J connectivity index is 1.74. The van der Waals surface area contributed by atoms with E-state index in [1.54, 1.807) is 6.07 Å². The molecule has 2 aromatic heterocycles. The van der Waals surface area contributed by atoms with Crippen molar-refractivity contribution in [2.45, 2.75) is 18.9 Å². The molecule has 3 heterocycles. The van der Waals surface area contributed by atoms with Gasteiger partial charge in [0.1, 0.15) is 12.1 Å². The van der Waals surface area contributed by atoms with E-state index in [9.17, 15) is 4.79 Å². The van der Waals surface area contributed by atoms with Crippen molar-refractivity contribution < 1.29 is 4.74 Å². The number of hydrogen-bond donors (Lipinski definition) is 2. The summed E-state index contributed by atoms with van der Waals surface area (Å²) in [6, 6.07) is 1.73. The molecular formula is C10H13N5O2. The second-order valence-corrected chi connectivity index (χ2v) is 4.05. The summed E-state index contributed by atoms with van der Waals surface area (Å²) in [6.45, 7) is 1.57. The number of anilines is 1. The lowest BCUT2D eigenvalue weighted by Crippen LogP contribution is -2.19. The molecule has 0 radical (unpaired) electrons. The van der Waals surface area contributed by atoms with Gasteiger partial charge in [-0.15, -0.1) is 0 Å². The van der Waals surface area contributed by atoms with Crippen molar-refractivity contribution in [1.29, 1.82) is 0 Å². The van der Waals surface area contributed by atoms with Gasteiger partial charge in [-0.05, 0) is 12.8 Å². The zero-order valence-corrected chi connectivity index (χ0v) is 9.22. The van der Waals surface area contributed by atoms with Crippen LogP contribution in [-0.2, 0) is 4.74 Å². The topological polar surface area (TPSA) is 84.3 Å². The molecule has 0 bridgehead atoms. The van der Waals surface area contributed by atoms with Gasteiger partial charge in [0.05, 0.1) is 6.10 Å². The number of ether oxygens (including phenoxy) is 1.